The Labute approximate surface area is 247 Å². The Kier molecular flexibility index (Phi) is 5.13. The molecule has 0 unspecified atom stereocenters. The van der Waals surface area contributed by atoms with Crippen LogP contribution < -0.4 is 4.90 Å². The number of hydrogen-bond donors (Lipinski definition) is 0. The van der Waals surface area contributed by atoms with Crippen molar-refractivity contribution in [1.82, 2.24) is 0 Å². The maximum Gasteiger partial charge on any atom is 0.0468 e. The number of benzene rings is 8. The molecule has 8 aromatic carbocycles. The van der Waals surface area contributed by atoms with Crippen LogP contribution in [0.15, 0.2) is 152 Å². The van der Waals surface area contributed by atoms with Gasteiger partial charge >= 0.3 is 0 Å². The van der Waals surface area contributed by atoms with Crippen LogP contribution in [0.5, 0.6) is 0 Å². The summed E-state index contributed by atoms with van der Waals surface area (Å²) in [6.07, 6.45) is 0. The SMILES string of the molecule is c1ccc(N(c2ccc3ccccc3c2)c2ccc3c(c2)c2ccccc2c2cc4c(cc32)sc2ccccc24)cc1. The summed E-state index contributed by atoms with van der Waals surface area (Å²) in [7, 11) is 0. The van der Waals surface area contributed by atoms with Crippen molar-refractivity contribution in [3.05, 3.63) is 152 Å². The van der Waals surface area contributed by atoms with E-state index in [1.807, 2.05) is 11.3 Å². The van der Waals surface area contributed by atoms with Crippen LogP contribution in [0, 0.1) is 0 Å². The van der Waals surface area contributed by atoms with Gasteiger partial charge in [0.05, 0.1) is 0 Å². The highest BCUT2D eigenvalue weighted by molar-refractivity contribution is 7.25. The van der Waals surface area contributed by atoms with E-state index in [0.717, 1.165) is 17.1 Å². The van der Waals surface area contributed by atoms with E-state index in [-0.39, 0.29) is 0 Å². The Bertz CT molecular complexity index is 2470. The highest BCUT2D eigenvalue weighted by Gasteiger charge is 2.17. The maximum absolute atomic E-state index is 2.42. The lowest BCUT2D eigenvalue weighted by Crippen LogP contribution is -2.09. The zero-order valence-corrected chi connectivity index (χ0v) is 23.6. The first-order chi connectivity index (χ1) is 20.8. The van der Waals surface area contributed by atoms with Crippen molar-refractivity contribution in [2.75, 3.05) is 4.90 Å². The van der Waals surface area contributed by atoms with Crippen molar-refractivity contribution >= 4 is 91.7 Å². The van der Waals surface area contributed by atoms with Gasteiger partial charge in [-0.3, -0.25) is 0 Å². The first kappa shape index (κ1) is 23.5. The average molecular weight is 552 g/mol. The topological polar surface area (TPSA) is 3.24 Å². The largest absolute Gasteiger partial charge is 0.310 e. The first-order valence-corrected chi connectivity index (χ1v) is 15.2. The predicted octanol–water partition coefficient (Wildman–Crippen LogP) is 12.1. The van der Waals surface area contributed by atoms with Crippen molar-refractivity contribution < 1.29 is 0 Å². The molecule has 0 atom stereocenters. The zero-order chi connectivity index (χ0) is 27.6. The summed E-state index contributed by atoms with van der Waals surface area (Å²) in [5, 5.41) is 12.9. The summed E-state index contributed by atoms with van der Waals surface area (Å²) in [6.45, 7) is 0. The molecule has 0 aliphatic heterocycles. The van der Waals surface area contributed by atoms with Crippen molar-refractivity contribution in [1.29, 1.82) is 0 Å². The summed E-state index contributed by atoms with van der Waals surface area (Å²) in [6, 6.07) is 55.5. The van der Waals surface area contributed by atoms with E-state index in [1.165, 1.54) is 63.3 Å². The van der Waals surface area contributed by atoms with Crippen molar-refractivity contribution in [2.45, 2.75) is 0 Å². The standard InChI is InChI=1S/C40H25NS/c1-2-12-28(13-3-1)41(29-19-18-26-10-4-5-11-27(26)22-29)30-20-21-33-35(23-30)31-14-6-7-15-32(31)36-24-38-34-16-8-9-17-39(34)42-40(38)25-37(33)36/h1-25H. The molecule has 0 saturated heterocycles. The number of para-hydroxylation sites is 1. The van der Waals surface area contributed by atoms with Crippen LogP contribution in [-0.2, 0) is 0 Å². The van der Waals surface area contributed by atoms with Gasteiger partial charge in [-0.2, -0.15) is 0 Å². The second kappa shape index (κ2) is 9.17. The minimum Gasteiger partial charge on any atom is -0.310 e. The Morgan fingerprint density at radius 3 is 1.74 bits per heavy atom. The molecule has 9 rings (SSSR count). The summed E-state index contributed by atoms with van der Waals surface area (Å²) in [5.41, 5.74) is 3.44. The van der Waals surface area contributed by atoms with E-state index in [2.05, 4.69) is 157 Å². The quantitative estimate of drug-likeness (QED) is 0.197. The predicted molar refractivity (Wildman–Crippen MR) is 184 cm³/mol. The van der Waals surface area contributed by atoms with Crippen LogP contribution in [-0.4, -0.2) is 0 Å². The smallest absolute Gasteiger partial charge is 0.0468 e. The third kappa shape index (κ3) is 3.56. The second-order valence-electron chi connectivity index (χ2n) is 11.0. The molecule has 196 valence electrons. The van der Waals surface area contributed by atoms with Gasteiger partial charge in [0, 0.05) is 37.2 Å². The van der Waals surface area contributed by atoms with Gasteiger partial charge in [-0.25, -0.2) is 0 Å². The van der Waals surface area contributed by atoms with Gasteiger partial charge in [-0.15, -0.1) is 11.3 Å². The molecule has 0 saturated carbocycles. The van der Waals surface area contributed by atoms with Gasteiger partial charge in [0.1, 0.15) is 0 Å². The van der Waals surface area contributed by atoms with Gasteiger partial charge in [0.15, 0.2) is 0 Å². The number of fused-ring (bicyclic) bond motifs is 10. The van der Waals surface area contributed by atoms with Gasteiger partial charge in [-0.05, 0) is 97.7 Å². The summed E-state index contributed by atoms with van der Waals surface area (Å²) in [4.78, 5) is 2.38. The van der Waals surface area contributed by atoms with Crippen LogP contribution in [0.4, 0.5) is 17.1 Å². The van der Waals surface area contributed by atoms with Crippen LogP contribution in [0.25, 0.3) is 63.3 Å². The molecule has 1 nitrogen and oxygen atoms in total. The first-order valence-electron chi connectivity index (χ1n) is 14.4. The molecule has 0 aliphatic rings. The Hall–Kier alpha value is -5.18. The normalized spacial score (nSPS) is 11.8. The molecule has 0 spiro atoms. The van der Waals surface area contributed by atoms with Gasteiger partial charge in [0.25, 0.3) is 0 Å². The zero-order valence-electron chi connectivity index (χ0n) is 22.8. The summed E-state index contributed by atoms with van der Waals surface area (Å²) < 4.78 is 2.68. The molecular weight excluding hydrogens is 527 g/mol. The molecule has 42 heavy (non-hydrogen) atoms. The van der Waals surface area contributed by atoms with Crippen molar-refractivity contribution in [2.24, 2.45) is 0 Å². The van der Waals surface area contributed by atoms with Crippen LogP contribution in [0.1, 0.15) is 0 Å². The lowest BCUT2D eigenvalue weighted by molar-refractivity contribution is 1.29. The monoisotopic (exact) mass is 551 g/mol. The molecule has 1 heterocycles. The van der Waals surface area contributed by atoms with Crippen molar-refractivity contribution in [3.8, 4) is 0 Å². The minimum absolute atomic E-state index is 1.14. The van der Waals surface area contributed by atoms with Crippen LogP contribution in [0.2, 0.25) is 0 Å². The highest BCUT2D eigenvalue weighted by Crippen LogP contribution is 2.44. The maximum atomic E-state index is 2.42. The minimum atomic E-state index is 1.14. The third-order valence-electron chi connectivity index (χ3n) is 8.58. The molecule has 1 aromatic heterocycles. The lowest BCUT2D eigenvalue weighted by atomic mass is 9.93. The van der Waals surface area contributed by atoms with E-state index >= 15 is 0 Å². The number of thiophene rings is 1. The molecule has 0 bridgehead atoms. The molecule has 0 aliphatic carbocycles. The summed E-state index contributed by atoms with van der Waals surface area (Å²) in [5.74, 6) is 0. The number of hydrogen-bond acceptors (Lipinski definition) is 2. The van der Waals surface area contributed by atoms with E-state index in [4.69, 9.17) is 0 Å². The number of rotatable bonds is 3. The second-order valence-corrected chi connectivity index (χ2v) is 12.1. The van der Waals surface area contributed by atoms with Gasteiger partial charge in [-0.1, -0.05) is 97.1 Å². The Morgan fingerprint density at radius 1 is 0.310 bits per heavy atom. The van der Waals surface area contributed by atoms with E-state index in [9.17, 15) is 0 Å². The van der Waals surface area contributed by atoms with Crippen molar-refractivity contribution in [3.63, 3.8) is 0 Å². The molecule has 0 amide bonds. The fraction of sp³-hybridized carbons (Fsp3) is 0. The highest BCUT2D eigenvalue weighted by atomic mass is 32.1. The molecule has 0 fully saturated rings. The molecule has 0 radical (unpaired) electrons. The van der Waals surface area contributed by atoms with Gasteiger partial charge < -0.3 is 4.90 Å². The third-order valence-corrected chi connectivity index (χ3v) is 9.72. The Morgan fingerprint density at radius 2 is 0.905 bits per heavy atom. The number of anilines is 3. The molecular formula is C40H25NS. The number of nitrogens with zero attached hydrogens (tertiary/aromatic N) is 1. The van der Waals surface area contributed by atoms with Crippen LogP contribution >= 0.6 is 11.3 Å². The fourth-order valence-corrected chi connectivity index (χ4v) is 7.77. The summed E-state index contributed by atoms with van der Waals surface area (Å²) >= 11 is 1.89. The van der Waals surface area contributed by atoms with Crippen LogP contribution in [0.3, 0.4) is 0 Å². The van der Waals surface area contributed by atoms with E-state index in [0.29, 0.717) is 0 Å². The fourth-order valence-electron chi connectivity index (χ4n) is 6.64. The molecule has 2 heteroatoms. The van der Waals surface area contributed by atoms with E-state index in [1.54, 1.807) is 0 Å². The lowest BCUT2D eigenvalue weighted by Gasteiger charge is -2.26. The Balaban J connectivity index is 1.34. The van der Waals surface area contributed by atoms with E-state index < -0.39 is 0 Å². The molecule has 0 N–H and O–H groups in total. The molecule has 9 aromatic rings. The average Bonchev–Trinajstić information content (AvgIpc) is 3.42. The van der Waals surface area contributed by atoms with Gasteiger partial charge in [0.2, 0.25) is 0 Å².